The molecule has 0 aliphatic carbocycles. The summed E-state index contributed by atoms with van der Waals surface area (Å²) in [4.78, 5) is 0. The molecule has 0 saturated carbocycles. The fraction of sp³-hybridized carbons (Fsp3) is 1.00. The van der Waals surface area contributed by atoms with E-state index in [0.29, 0.717) is 0 Å². The summed E-state index contributed by atoms with van der Waals surface area (Å²) in [6.45, 7) is 9.73. The van der Waals surface area contributed by atoms with E-state index in [9.17, 15) is 4.39 Å². The highest BCUT2D eigenvalue weighted by Gasteiger charge is 2.31. The van der Waals surface area contributed by atoms with Gasteiger partial charge in [0.2, 0.25) is 0 Å². The van der Waals surface area contributed by atoms with Crippen LogP contribution in [0.15, 0.2) is 0 Å². The van der Waals surface area contributed by atoms with Crippen LogP contribution in [0, 0.1) is 5.41 Å². The molecule has 0 aromatic carbocycles. The van der Waals surface area contributed by atoms with Crippen molar-refractivity contribution in [3.8, 4) is 0 Å². The number of hydrogen-bond acceptors (Lipinski definition) is 2. The van der Waals surface area contributed by atoms with E-state index in [2.05, 4.69) is 13.1 Å². The predicted octanol–water partition coefficient (Wildman–Crippen LogP) is 1.70. The van der Waals surface area contributed by atoms with Crippen molar-refractivity contribution >= 4 is 9.04 Å². The predicted molar refractivity (Wildman–Crippen MR) is 57.2 cm³/mol. The zero-order valence-electron chi connectivity index (χ0n) is 9.30. The van der Waals surface area contributed by atoms with Crippen LogP contribution in [-0.4, -0.2) is 27.9 Å². The van der Waals surface area contributed by atoms with Crippen LogP contribution in [0.5, 0.6) is 0 Å². The molecule has 13 heavy (non-hydrogen) atoms. The number of nitrogens with two attached hydrogens (primary N) is 1. The lowest BCUT2D eigenvalue weighted by atomic mass is 9.85. The van der Waals surface area contributed by atoms with Crippen molar-refractivity contribution in [1.29, 1.82) is 0 Å². The second-order valence-electron chi connectivity index (χ2n) is 4.79. The first kappa shape index (κ1) is 13.1. The summed E-state index contributed by atoms with van der Waals surface area (Å²) in [5, 5.41) is 0. The first-order valence-electron chi connectivity index (χ1n) is 4.76. The molecule has 0 spiro atoms. The summed E-state index contributed by atoms with van der Waals surface area (Å²) < 4.78 is 18.2. The largest absolute Gasteiger partial charge is 0.415 e. The SMILES string of the molecule is C[SiH](C)OC([C@H](N)CF)C(C)(C)C. The molecule has 0 amide bonds. The second kappa shape index (κ2) is 5.07. The van der Waals surface area contributed by atoms with Gasteiger partial charge in [-0.05, 0) is 18.5 Å². The van der Waals surface area contributed by atoms with Gasteiger partial charge in [0, 0.05) is 0 Å². The molecule has 1 unspecified atom stereocenters. The molecule has 0 aliphatic heterocycles. The Kier molecular flexibility index (Phi) is 5.10. The first-order chi connectivity index (χ1) is 5.79. The van der Waals surface area contributed by atoms with Crippen LogP contribution in [0.4, 0.5) is 4.39 Å². The zero-order valence-corrected chi connectivity index (χ0v) is 10.5. The fourth-order valence-electron chi connectivity index (χ4n) is 1.32. The monoisotopic (exact) mass is 207 g/mol. The van der Waals surface area contributed by atoms with Crippen LogP contribution in [0.3, 0.4) is 0 Å². The molecular weight excluding hydrogens is 185 g/mol. The Bertz CT molecular complexity index is 147. The van der Waals surface area contributed by atoms with E-state index >= 15 is 0 Å². The van der Waals surface area contributed by atoms with E-state index in [-0.39, 0.29) is 11.5 Å². The van der Waals surface area contributed by atoms with Gasteiger partial charge in [-0.25, -0.2) is 4.39 Å². The minimum atomic E-state index is -1.14. The van der Waals surface area contributed by atoms with E-state index in [4.69, 9.17) is 10.2 Å². The van der Waals surface area contributed by atoms with Gasteiger partial charge in [-0.15, -0.1) is 0 Å². The maximum atomic E-state index is 12.4. The molecule has 0 aliphatic rings. The van der Waals surface area contributed by atoms with Crippen molar-refractivity contribution in [2.45, 2.75) is 46.0 Å². The average molecular weight is 207 g/mol. The van der Waals surface area contributed by atoms with Crippen LogP contribution in [0.25, 0.3) is 0 Å². The molecule has 2 nitrogen and oxygen atoms in total. The Hall–Kier alpha value is 0.0669. The van der Waals surface area contributed by atoms with Gasteiger partial charge in [-0.3, -0.25) is 0 Å². The minimum absolute atomic E-state index is 0.0806. The summed E-state index contributed by atoms with van der Waals surface area (Å²) in [6, 6.07) is -0.491. The van der Waals surface area contributed by atoms with Crippen LogP contribution < -0.4 is 5.73 Å². The maximum Gasteiger partial charge on any atom is 0.171 e. The van der Waals surface area contributed by atoms with Crippen LogP contribution in [0.1, 0.15) is 20.8 Å². The molecule has 4 heteroatoms. The van der Waals surface area contributed by atoms with E-state index in [1.807, 2.05) is 20.8 Å². The van der Waals surface area contributed by atoms with Gasteiger partial charge < -0.3 is 10.2 Å². The second-order valence-corrected chi connectivity index (χ2v) is 7.16. The molecule has 80 valence electrons. The summed E-state index contributed by atoms with van der Waals surface area (Å²) >= 11 is 0. The molecule has 0 rings (SSSR count). The molecular formula is C9H22FNOSi. The van der Waals surface area contributed by atoms with Crippen LogP contribution >= 0.6 is 0 Å². The lowest BCUT2D eigenvalue weighted by molar-refractivity contribution is 0.0547. The minimum Gasteiger partial charge on any atom is -0.415 e. The van der Waals surface area contributed by atoms with Crippen molar-refractivity contribution in [2.24, 2.45) is 11.1 Å². The third-order valence-corrected chi connectivity index (χ3v) is 2.68. The Morgan fingerprint density at radius 3 is 2.08 bits per heavy atom. The van der Waals surface area contributed by atoms with E-state index in [0.717, 1.165) is 0 Å². The normalized spacial score (nSPS) is 17.5. The molecule has 0 aromatic rings. The number of halogens is 1. The highest BCUT2D eigenvalue weighted by molar-refractivity contribution is 6.48. The standard InChI is InChI=1S/C9H22FNOSi/c1-9(2,3)8(7(11)6-10)12-13(4)5/h7-8,13H,6,11H2,1-5H3/t7-,8?/m1/s1. The molecule has 0 radical (unpaired) electrons. The van der Waals surface area contributed by atoms with Gasteiger partial charge in [0.05, 0.1) is 12.1 Å². The Morgan fingerprint density at radius 2 is 1.85 bits per heavy atom. The summed E-state index contributed by atoms with van der Waals surface area (Å²) in [6.07, 6.45) is -0.163. The number of hydrogen-bond donors (Lipinski definition) is 1. The Labute approximate surface area is 82.4 Å². The molecule has 0 aromatic heterocycles. The summed E-state index contributed by atoms with van der Waals surface area (Å²) in [5.74, 6) is 0. The first-order valence-corrected chi connectivity index (χ1v) is 7.54. The Balaban J connectivity index is 4.37. The van der Waals surface area contributed by atoms with E-state index in [1.54, 1.807) is 0 Å². The van der Waals surface area contributed by atoms with Gasteiger partial charge in [-0.1, -0.05) is 20.8 Å². The van der Waals surface area contributed by atoms with Gasteiger partial charge in [0.25, 0.3) is 0 Å². The lowest BCUT2D eigenvalue weighted by Gasteiger charge is -2.35. The third kappa shape index (κ3) is 4.74. The maximum absolute atomic E-state index is 12.4. The van der Waals surface area contributed by atoms with Crippen molar-refractivity contribution in [3.63, 3.8) is 0 Å². The molecule has 0 heterocycles. The fourth-order valence-corrected chi connectivity index (χ4v) is 2.52. The van der Waals surface area contributed by atoms with Crippen molar-refractivity contribution in [1.82, 2.24) is 0 Å². The van der Waals surface area contributed by atoms with Crippen molar-refractivity contribution < 1.29 is 8.82 Å². The van der Waals surface area contributed by atoms with Crippen LogP contribution in [0.2, 0.25) is 13.1 Å². The Morgan fingerprint density at radius 1 is 1.38 bits per heavy atom. The number of alkyl halides is 1. The summed E-state index contributed by atoms with van der Waals surface area (Å²) in [7, 11) is -1.14. The van der Waals surface area contributed by atoms with Crippen LogP contribution in [-0.2, 0) is 4.43 Å². The average Bonchev–Trinajstić information content (AvgIpc) is 1.96. The molecule has 2 N–H and O–H groups in total. The van der Waals surface area contributed by atoms with Crippen molar-refractivity contribution in [2.75, 3.05) is 6.67 Å². The molecule has 2 atom stereocenters. The van der Waals surface area contributed by atoms with E-state index < -0.39 is 21.8 Å². The van der Waals surface area contributed by atoms with Gasteiger partial charge in [0.15, 0.2) is 9.04 Å². The highest BCUT2D eigenvalue weighted by Crippen LogP contribution is 2.25. The zero-order chi connectivity index (χ0) is 10.6. The smallest absolute Gasteiger partial charge is 0.171 e. The summed E-state index contributed by atoms with van der Waals surface area (Å²) in [5.41, 5.74) is 5.59. The quantitative estimate of drug-likeness (QED) is 0.712. The molecule has 0 fully saturated rings. The van der Waals surface area contributed by atoms with Gasteiger partial charge >= 0.3 is 0 Å². The van der Waals surface area contributed by atoms with Gasteiger partial charge in [0.1, 0.15) is 6.67 Å². The molecule has 0 saturated heterocycles. The highest BCUT2D eigenvalue weighted by atomic mass is 28.3. The van der Waals surface area contributed by atoms with Gasteiger partial charge in [-0.2, -0.15) is 0 Å². The van der Waals surface area contributed by atoms with Crippen molar-refractivity contribution in [3.05, 3.63) is 0 Å². The topological polar surface area (TPSA) is 35.2 Å². The molecule has 0 bridgehead atoms. The third-order valence-electron chi connectivity index (χ3n) is 1.84. The number of rotatable bonds is 4. The van der Waals surface area contributed by atoms with E-state index in [1.165, 1.54) is 0 Å². The lowest BCUT2D eigenvalue weighted by Crippen LogP contribution is -2.48.